The molecule has 0 aliphatic heterocycles. The number of aliphatic hydroxyl groups excluding tert-OH is 1. The van der Waals surface area contributed by atoms with Crippen LogP contribution in [0.3, 0.4) is 0 Å². The number of rotatable bonds is 4. The Morgan fingerprint density at radius 1 is 1.41 bits per heavy atom. The summed E-state index contributed by atoms with van der Waals surface area (Å²) >= 11 is 0. The van der Waals surface area contributed by atoms with Gasteiger partial charge in [0.2, 0.25) is 0 Å². The maximum absolute atomic E-state index is 9.22. The number of aromatic nitrogens is 2. The third kappa shape index (κ3) is 2.22. The summed E-state index contributed by atoms with van der Waals surface area (Å²) in [6, 6.07) is 2.15. The van der Waals surface area contributed by atoms with Gasteiger partial charge in [0.15, 0.2) is 5.82 Å². The minimum Gasteiger partial charge on any atom is -0.396 e. The predicted molar refractivity (Wildman–Crippen MR) is 63.5 cm³/mol. The standard InChI is InChI=1S/C12H16N4O/c1-8-9(2)15-16-11(10(8)5-13)14-6-12(7-17)3-4-12/h17H,3-4,6-7H2,1-2H3,(H,14,16). The Labute approximate surface area is 100 Å². The molecule has 17 heavy (non-hydrogen) atoms. The van der Waals surface area contributed by atoms with E-state index in [0.29, 0.717) is 17.9 Å². The fourth-order valence-electron chi connectivity index (χ4n) is 1.71. The van der Waals surface area contributed by atoms with Crippen LogP contribution in [-0.4, -0.2) is 28.5 Å². The number of aliphatic hydroxyl groups is 1. The van der Waals surface area contributed by atoms with Crippen LogP contribution in [0.1, 0.15) is 29.7 Å². The number of nitrogens with zero attached hydrogens (tertiary/aromatic N) is 3. The van der Waals surface area contributed by atoms with E-state index >= 15 is 0 Å². The molecule has 90 valence electrons. The number of aryl methyl sites for hydroxylation is 1. The van der Waals surface area contributed by atoms with E-state index < -0.39 is 0 Å². The predicted octanol–water partition coefficient (Wildman–Crippen LogP) is 1.15. The van der Waals surface area contributed by atoms with Gasteiger partial charge in [0.1, 0.15) is 11.6 Å². The van der Waals surface area contributed by atoms with E-state index in [9.17, 15) is 5.11 Å². The molecule has 5 heteroatoms. The Bertz CT molecular complexity index is 474. The van der Waals surface area contributed by atoms with Crippen LogP contribution in [0.15, 0.2) is 0 Å². The van der Waals surface area contributed by atoms with Crippen LogP contribution < -0.4 is 5.32 Å². The van der Waals surface area contributed by atoms with Crippen molar-refractivity contribution in [2.24, 2.45) is 5.41 Å². The SMILES string of the molecule is Cc1nnc(NCC2(CO)CC2)c(C#N)c1C. The van der Waals surface area contributed by atoms with Crippen molar-refractivity contribution >= 4 is 5.82 Å². The largest absolute Gasteiger partial charge is 0.396 e. The van der Waals surface area contributed by atoms with Crippen molar-refractivity contribution in [1.82, 2.24) is 10.2 Å². The Morgan fingerprint density at radius 2 is 2.12 bits per heavy atom. The van der Waals surface area contributed by atoms with E-state index in [1.165, 1.54) is 0 Å². The molecule has 2 rings (SSSR count). The minimum atomic E-state index is -0.00675. The normalized spacial score (nSPS) is 16.4. The molecule has 1 aromatic rings. The highest BCUT2D eigenvalue weighted by molar-refractivity contribution is 5.55. The second-order valence-corrected chi connectivity index (χ2v) is 4.76. The molecule has 2 N–H and O–H groups in total. The lowest BCUT2D eigenvalue weighted by Crippen LogP contribution is -2.20. The lowest BCUT2D eigenvalue weighted by Gasteiger charge is -2.14. The molecule has 1 aliphatic rings. The average molecular weight is 232 g/mol. The number of hydrogen-bond donors (Lipinski definition) is 2. The molecule has 0 spiro atoms. The van der Waals surface area contributed by atoms with Gasteiger partial charge >= 0.3 is 0 Å². The van der Waals surface area contributed by atoms with E-state index in [0.717, 1.165) is 24.1 Å². The third-order valence-corrected chi connectivity index (χ3v) is 3.49. The fourth-order valence-corrected chi connectivity index (χ4v) is 1.71. The highest BCUT2D eigenvalue weighted by Crippen LogP contribution is 2.44. The first-order valence-electron chi connectivity index (χ1n) is 5.70. The van der Waals surface area contributed by atoms with Crippen molar-refractivity contribution in [3.05, 3.63) is 16.8 Å². The molecule has 0 amide bonds. The zero-order chi connectivity index (χ0) is 12.5. The van der Waals surface area contributed by atoms with Crippen LogP contribution in [0.25, 0.3) is 0 Å². The summed E-state index contributed by atoms with van der Waals surface area (Å²) in [7, 11) is 0. The van der Waals surface area contributed by atoms with Crippen LogP contribution in [0.4, 0.5) is 5.82 Å². The Morgan fingerprint density at radius 3 is 2.65 bits per heavy atom. The molecule has 0 saturated heterocycles. The van der Waals surface area contributed by atoms with Gasteiger partial charge in [-0.15, -0.1) is 5.10 Å². The molecular weight excluding hydrogens is 216 g/mol. The van der Waals surface area contributed by atoms with E-state index in [4.69, 9.17) is 5.26 Å². The second kappa shape index (κ2) is 4.30. The first-order valence-corrected chi connectivity index (χ1v) is 5.70. The van der Waals surface area contributed by atoms with E-state index in [1.54, 1.807) is 0 Å². The molecule has 0 atom stereocenters. The number of nitrogens with one attached hydrogen (secondary N) is 1. The van der Waals surface area contributed by atoms with Gasteiger partial charge in [-0.25, -0.2) is 0 Å². The van der Waals surface area contributed by atoms with Crippen LogP contribution in [0.2, 0.25) is 0 Å². The topological polar surface area (TPSA) is 81.8 Å². The summed E-state index contributed by atoms with van der Waals surface area (Å²) in [4.78, 5) is 0. The molecule has 0 bridgehead atoms. The van der Waals surface area contributed by atoms with E-state index in [2.05, 4.69) is 21.6 Å². The van der Waals surface area contributed by atoms with Crippen molar-refractivity contribution in [3.8, 4) is 6.07 Å². The maximum atomic E-state index is 9.22. The lowest BCUT2D eigenvalue weighted by molar-refractivity contribution is 0.219. The molecule has 1 heterocycles. The maximum Gasteiger partial charge on any atom is 0.166 e. The Balaban J connectivity index is 2.16. The van der Waals surface area contributed by atoms with Gasteiger partial charge < -0.3 is 10.4 Å². The van der Waals surface area contributed by atoms with Crippen LogP contribution in [-0.2, 0) is 0 Å². The van der Waals surface area contributed by atoms with Gasteiger partial charge in [-0.05, 0) is 32.3 Å². The zero-order valence-electron chi connectivity index (χ0n) is 10.1. The van der Waals surface area contributed by atoms with Crippen LogP contribution in [0.5, 0.6) is 0 Å². The van der Waals surface area contributed by atoms with Crippen molar-refractivity contribution < 1.29 is 5.11 Å². The summed E-state index contributed by atoms with van der Waals surface area (Å²) in [5.41, 5.74) is 2.17. The number of hydrogen-bond acceptors (Lipinski definition) is 5. The average Bonchev–Trinajstić information content (AvgIpc) is 3.11. The van der Waals surface area contributed by atoms with Crippen LogP contribution >= 0.6 is 0 Å². The molecular formula is C12H16N4O. The van der Waals surface area contributed by atoms with Gasteiger partial charge in [0.25, 0.3) is 0 Å². The van der Waals surface area contributed by atoms with Crippen molar-refractivity contribution in [2.45, 2.75) is 26.7 Å². The summed E-state index contributed by atoms with van der Waals surface area (Å²) in [6.45, 7) is 4.53. The molecule has 0 unspecified atom stereocenters. The van der Waals surface area contributed by atoms with Gasteiger partial charge in [0, 0.05) is 12.0 Å². The molecule has 0 aromatic carbocycles. The first kappa shape index (κ1) is 11.8. The van der Waals surface area contributed by atoms with Gasteiger partial charge in [0.05, 0.1) is 12.3 Å². The van der Waals surface area contributed by atoms with Crippen molar-refractivity contribution in [2.75, 3.05) is 18.5 Å². The number of nitriles is 1. The highest BCUT2D eigenvalue weighted by Gasteiger charge is 2.41. The summed E-state index contributed by atoms with van der Waals surface area (Å²) < 4.78 is 0. The molecule has 0 radical (unpaired) electrons. The smallest absolute Gasteiger partial charge is 0.166 e. The first-order chi connectivity index (χ1) is 8.12. The molecule has 1 saturated carbocycles. The molecule has 1 fully saturated rings. The minimum absolute atomic E-state index is 0.00675. The summed E-state index contributed by atoms with van der Waals surface area (Å²) in [5.74, 6) is 0.523. The van der Waals surface area contributed by atoms with E-state index in [-0.39, 0.29) is 12.0 Å². The monoisotopic (exact) mass is 232 g/mol. The van der Waals surface area contributed by atoms with Gasteiger partial charge in [-0.2, -0.15) is 10.4 Å². The molecule has 1 aliphatic carbocycles. The molecule has 1 aromatic heterocycles. The fraction of sp³-hybridized carbons (Fsp3) is 0.583. The lowest BCUT2D eigenvalue weighted by atomic mass is 10.1. The number of anilines is 1. The van der Waals surface area contributed by atoms with E-state index in [1.807, 2.05) is 13.8 Å². The van der Waals surface area contributed by atoms with Gasteiger partial charge in [-0.1, -0.05) is 0 Å². The third-order valence-electron chi connectivity index (χ3n) is 3.49. The Kier molecular flexibility index (Phi) is 2.99. The molecule has 5 nitrogen and oxygen atoms in total. The Hall–Kier alpha value is -1.67. The van der Waals surface area contributed by atoms with Crippen LogP contribution in [0, 0.1) is 30.6 Å². The van der Waals surface area contributed by atoms with Gasteiger partial charge in [-0.3, -0.25) is 0 Å². The highest BCUT2D eigenvalue weighted by atomic mass is 16.3. The second-order valence-electron chi connectivity index (χ2n) is 4.76. The van der Waals surface area contributed by atoms with Crippen molar-refractivity contribution in [3.63, 3.8) is 0 Å². The zero-order valence-corrected chi connectivity index (χ0v) is 10.1. The summed E-state index contributed by atoms with van der Waals surface area (Å²) in [6.07, 6.45) is 2.05. The summed E-state index contributed by atoms with van der Waals surface area (Å²) in [5, 5.41) is 29.5. The van der Waals surface area contributed by atoms with Crippen molar-refractivity contribution in [1.29, 1.82) is 5.26 Å². The quantitative estimate of drug-likeness (QED) is 0.813.